The second kappa shape index (κ2) is 2.21. The first kappa shape index (κ1) is 7.58. The molecule has 0 aromatic carbocycles. The van der Waals surface area contributed by atoms with Crippen LogP contribution in [0, 0.1) is 5.41 Å². The number of hydrogen-bond acceptors (Lipinski definition) is 2. The second-order valence-corrected chi connectivity index (χ2v) is 3.82. The van der Waals surface area contributed by atoms with Crippen molar-refractivity contribution in [2.24, 2.45) is 5.41 Å². The first-order valence-corrected chi connectivity index (χ1v) is 4.03. The molecule has 0 saturated carbocycles. The molecule has 2 aliphatic rings. The molecule has 2 saturated heterocycles. The summed E-state index contributed by atoms with van der Waals surface area (Å²) in [6.07, 6.45) is 1.85. The fourth-order valence-corrected chi connectivity index (χ4v) is 2.01. The maximum Gasteiger partial charge on any atom is 0.312 e. The number of amides is 2. The predicted molar refractivity (Wildman–Crippen MR) is 42.0 cm³/mol. The van der Waals surface area contributed by atoms with E-state index in [0.717, 1.165) is 26.2 Å². The maximum absolute atomic E-state index is 10.8. The molecule has 0 bridgehead atoms. The molecular formula is C8H11N2O2. The Morgan fingerprint density at radius 1 is 1.33 bits per heavy atom. The van der Waals surface area contributed by atoms with Gasteiger partial charge >= 0.3 is 6.41 Å². The van der Waals surface area contributed by atoms with E-state index in [1.165, 1.54) is 0 Å². The third-order valence-corrected chi connectivity index (χ3v) is 2.68. The van der Waals surface area contributed by atoms with Gasteiger partial charge in [0.2, 0.25) is 5.91 Å². The van der Waals surface area contributed by atoms with Crippen LogP contribution in [0.1, 0.15) is 6.92 Å². The standard InChI is InChI=1S/C8H11N2O2/c1-7(12)10-4-8(5-10)2-9(3-8)6-11/h2-5H2,1H3. The van der Waals surface area contributed by atoms with Gasteiger partial charge in [-0.25, -0.2) is 0 Å². The topological polar surface area (TPSA) is 40.6 Å². The minimum Gasteiger partial charge on any atom is -0.341 e. The van der Waals surface area contributed by atoms with Gasteiger partial charge in [-0.15, -0.1) is 0 Å². The van der Waals surface area contributed by atoms with Crippen molar-refractivity contribution < 1.29 is 9.59 Å². The molecule has 0 aliphatic carbocycles. The number of nitrogens with zero attached hydrogens (tertiary/aromatic N) is 2. The first-order valence-electron chi connectivity index (χ1n) is 4.03. The van der Waals surface area contributed by atoms with Gasteiger partial charge < -0.3 is 9.80 Å². The number of likely N-dealkylation sites (tertiary alicyclic amines) is 2. The van der Waals surface area contributed by atoms with Gasteiger partial charge in [0, 0.05) is 38.5 Å². The molecule has 2 aliphatic heterocycles. The summed E-state index contributed by atoms with van der Waals surface area (Å²) >= 11 is 0. The van der Waals surface area contributed by atoms with E-state index in [-0.39, 0.29) is 11.3 Å². The third kappa shape index (κ3) is 0.906. The lowest BCUT2D eigenvalue weighted by molar-refractivity contribution is -0.150. The Bertz CT molecular complexity index is 225. The number of carbonyl (C=O) groups excluding carboxylic acids is 2. The molecule has 2 heterocycles. The largest absolute Gasteiger partial charge is 0.341 e. The molecule has 2 amide bonds. The molecule has 2 rings (SSSR count). The van der Waals surface area contributed by atoms with E-state index < -0.39 is 0 Å². The Morgan fingerprint density at radius 3 is 2.33 bits per heavy atom. The second-order valence-electron chi connectivity index (χ2n) is 3.82. The number of carbonyl (C=O) groups is 1. The van der Waals surface area contributed by atoms with Crippen LogP contribution in [-0.2, 0) is 9.59 Å². The van der Waals surface area contributed by atoms with Crippen molar-refractivity contribution in [2.45, 2.75) is 6.92 Å². The van der Waals surface area contributed by atoms with Gasteiger partial charge in [-0.3, -0.25) is 9.59 Å². The van der Waals surface area contributed by atoms with Crippen LogP contribution in [0.4, 0.5) is 0 Å². The van der Waals surface area contributed by atoms with Crippen molar-refractivity contribution in [3.63, 3.8) is 0 Å². The van der Waals surface area contributed by atoms with Gasteiger partial charge in [-0.2, -0.15) is 0 Å². The van der Waals surface area contributed by atoms with Gasteiger partial charge in [0.25, 0.3) is 0 Å². The van der Waals surface area contributed by atoms with E-state index in [1.807, 2.05) is 11.3 Å². The lowest BCUT2D eigenvalue weighted by Crippen LogP contribution is -2.72. The molecule has 12 heavy (non-hydrogen) atoms. The smallest absolute Gasteiger partial charge is 0.312 e. The zero-order chi connectivity index (χ0) is 8.77. The fourth-order valence-electron chi connectivity index (χ4n) is 2.01. The minimum atomic E-state index is 0.133. The van der Waals surface area contributed by atoms with Crippen molar-refractivity contribution in [3.8, 4) is 0 Å². The van der Waals surface area contributed by atoms with Crippen LogP contribution in [0.25, 0.3) is 0 Å². The zero-order valence-corrected chi connectivity index (χ0v) is 7.04. The SMILES string of the molecule is CC(=O)N1CC2(CN([C]=O)C2)C1. The summed E-state index contributed by atoms with van der Waals surface area (Å²) in [5.74, 6) is 0.133. The minimum absolute atomic E-state index is 0.133. The molecule has 0 unspecified atom stereocenters. The molecule has 0 aromatic rings. The Hall–Kier alpha value is -1.06. The summed E-state index contributed by atoms with van der Waals surface area (Å²) in [7, 11) is 0. The summed E-state index contributed by atoms with van der Waals surface area (Å²) in [6.45, 7) is 4.77. The molecule has 0 atom stereocenters. The van der Waals surface area contributed by atoms with Gasteiger partial charge in [0.1, 0.15) is 0 Å². The highest BCUT2D eigenvalue weighted by molar-refractivity contribution is 5.74. The summed E-state index contributed by atoms with van der Waals surface area (Å²) in [4.78, 5) is 24.4. The summed E-state index contributed by atoms with van der Waals surface area (Å²) in [5.41, 5.74) is 0.239. The summed E-state index contributed by atoms with van der Waals surface area (Å²) in [6, 6.07) is 0. The van der Waals surface area contributed by atoms with E-state index >= 15 is 0 Å². The van der Waals surface area contributed by atoms with Crippen molar-refractivity contribution in [2.75, 3.05) is 26.2 Å². The predicted octanol–water partition coefficient (Wildman–Crippen LogP) is -0.782. The monoisotopic (exact) mass is 167 g/mol. The van der Waals surface area contributed by atoms with E-state index in [4.69, 9.17) is 0 Å². The number of rotatable bonds is 1. The van der Waals surface area contributed by atoms with Crippen molar-refractivity contribution in [3.05, 3.63) is 0 Å². The first-order chi connectivity index (χ1) is 5.65. The van der Waals surface area contributed by atoms with E-state index in [1.54, 1.807) is 11.8 Å². The fraction of sp³-hybridized carbons (Fsp3) is 0.750. The molecule has 1 spiro atoms. The molecule has 4 nitrogen and oxygen atoms in total. The highest BCUT2D eigenvalue weighted by Gasteiger charge is 2.52. The van der Waals surface area contributed by atoms with Crippen molar-refractivity contribution in [1.82, 2.24) is 9.80 Å². The Morgan fingerprint density at radius 2 is 1.92 bits per heavy atom. The Kier molecular flexibility index (Phi) is 1.40. The molecule has 4 heteroatoms. The van der Waals surface area contributed by atoms with Gasteiger partial charge in [0.05, 0.1) is 0 Å². The van der Waals surface area contributed by atoms with E-state index in [0.29, 0.717) is 0 Å². The van der Waals surface area contributed by atoms with Gasteiger partial charge in [-0.1, -0.05) is 0 Å². The maximum atomic E-state index is 10.8. The molecule has 1 radical (unpaired) electrons. The normalized spacial score (nSPS) is 24.8. The average Bonchev–Trinajstić information content (AvgIpc) is 1.81. The molecular weight excluding hydrogens is 156 g/mol. The Balaban J connectivity index is 1.82. The average molecular weight is 167 g/mol. The molecule has 65 valence electrons. The quantitative estimate of drug-likeness (QED) is 0.514. The van der Waals surface area contributed by atoms with Crippen LogP contribution >= 0.6 is 0 Å². The summed E-state index contributed by atoms with van der Waals surface area (Å²) < 4.78 is 0. The van der Waals surface area contributed by atoms with Crippen LogP contribution in [0.2, 0.25) is 0 Å². The highest BCUT2D eigenvalue weighted by atomic mass is 16.2. The molecule has 0 N–H and O–H groups in total. The van der Waals surface area contributed by atoms with Gasteiger partial charge in [-0.05, 0) is 0 Å². The van der Waals surface area contributed by atoms with Crippen LogP contribution in [0.5, 0.6) is 0 Å². The van der Waals surface area contributed by atoms with Crippen molar-refractivity contribution >= 4 is 12.3 Å². The third-order valence-electron chi connectivity index (χ3n) is 2.68. The Labute approximate surface area is 71.1 Å². The van der Waals surface area contributed by atoms with Crippen LogP contribution in [0.3, 0.4) is 0 Å². The van der Waals surface area contributed by atoms with Crippen LogP contribution < -0.4 is 0 Å². The van der Waals surface area contributed by atoms with Crippen molar-refractivity contribution in [1.29, 1.82) is 0 Å². The lowest BCUT2D eigenvalue weighted by Gasteiger charge is -2.58. The summed E-state index contributed by atoms with van der Waals surface area (Å²) in [5, 5.41) is 0. The van der Waals surface area contributed by atoms with Crippen LogP contribution in [-0.4, -0.2) is 48.3 Å². The molecule has 2 fully saturated rings. The highest BCUT2D eigenvalue weighted by Crippen LogP contribution is 2.38. The van der Waals surface area contributed by atoms with E-state index in [2.05, 4.69) is 0 Å². The van der Waals surface area contributed by atoms with Gasteiger partial charge in [0.15, 0.2) is 0 Å². The zero-order valence-electron chi connectivity index (χ0n) is 7.04. The number of hydrogen-bond donors (Lipinski definition) is 0. The molecule has 0 aromatic heterocycles. The van der Waals surface area contributed by atoms with Crippen LogP contribution in [0.15, 0.2) is 0 Å². The lowest BCUT2D eigenvalue weighted by atomic mass is 9.73. The van der Waals surface area contributed by atoms with E-state index in [9.17, 15) is 9.59 Å².